The number of thiocarbonyl (C=S) groups is 1. The minimum Gasteiger partial charge on any atom is -0.370 e. The van der Waals surface area contributed by atoms with Gasteiger partial charge in [-0.2, -0.15) is 0 Å². The Bertz CT molecular complexity index is 1580. The number of non-ortho nitro benzene ring substituents is 1. The highest BCUT2D eigenvalue weighted by Gasteiger charge is 2.42. The molecule has 2 aliphatic heterocycles. The van der Waals surface area contributed by atoms with Crippen LogP contribution in [0.1, 0.15) is 43.7 Å². The Morgan fingerprint density at radius 1 is 1.00 bits per heavy atom. The second kappa shape index (κ2) is 11.1. The molecule has 0 spiro atoms. The predicted molar refractivity (Wildman–Crippen MR) is 167 cm³/mol. The summed E-state index contributed by atoms with van der Waals surface area (Å²) >= 11 is 12.9. The number of benzene rings is 2. The molecular formula is C31H31ClN6O2S. The highest BCUT2D eigenvalue weighted by Crippen LogP contribution is 2.44. The van der Waals surface area contributed by atoms with Gasteiger partial charge in [-0.05, 0) is 79.0 Å². The van der Waals surface area contributed by atoms with Gasteiger partial charge in [-0.15, -0.1) is 0 Å². The van der Waals surface area contributed by atoms with Gasteiger partial charge in [0, 0.05) is 49.0 Å². The Hall–Kier alpha value is -3.95. The SMILES string of the molecule is C[C@@H]1C[C@H](C)CN(c2ccc(N3C(=S)N[C@@H](c4ccccn4)[C@@H]3c3cccn3-c3cccc([N+](=O)[O-])c3)cc2Cl)C1. The van der Waals surface area contributed by atoms with Crippen molar-refractivity contribution < 1.29 is 4.92 Å². The number of rotatable bonds is 6. The van der Waals surface area contributed by atoms with Crippen molar-refractivity contribution >= 4 is 46.0 Å². The number of piperidine rings is 1. The summed E-state index contributed by atoms with van der Waals surface area (Å²) in [6, 6.07) is 22.0. The normalized spacial score (nSPS) is 22.6. The highest BCUT2D eigenvalue weighted by molar-refractivity contribution is 7.80. The van der Waals surface area contributed by atoms with Gasteiger partial charge in [-0.1, -0.05) is 37.6 Å². The van der Waals surface area contributed by atoms with Gasteiger partial charge >= 0.3 is 0 Å². The number of aromatic nitrogens is 2. The number of hydrogen-bond donors (Lipinski definition) is 1. The van der Waals surface area contributed by atoms with E-state index in [2.05, 4.69) is 46.1 Å². The second-order valence-electron chi connectivity index (χ2n) is 11.1. The minimum absolute atomic E-state index is 0.0315. The summed E-state index contributed by atoms with van der Waals surface area (Å²) < 4.78 is 1.97. The van der Waals surface area contributed by atoms with Crippen molar-refractivity contribution in [2.24, 2.45) is 11.8 Å². The minimum atomic E-state index is -0.380. The highest BCUT2D eigenvalue weighted by atomic mass is 35.5. The first-order chi connectivity index (χ1) is 19.8. The van der Waals surface area contributed by atoms with E-state index in [0.29, 0.717) is 27.7 Å². The van der Waals surface area contributed by atoms with Crippen LogP contribution in [-0.4, -0.2) is 32.7 Å². The topological polar surface area (TPSA) is 79.5 Å². The van der Waals surface area contributed by atoms with Gasteiger partial charge in [0.1, 0.15) is 6.04 Å². The number of hydrogen-bond acceptors (Lipinski definition) is 5. The lowest BCUT2D eigenvalue weighted by atomic mass is 9.91. The van der Waals surface area contributed by atoms with Crippen LogP contribution in [0.2, 0.25) is 5.02 Å². The van der Waals surface area contributed by atoms with Crippen molar-refractivity contribution in [3.63, 3.8) is 0 Å². The Balaban J connectivity index is 1.43. The third-order valence-corrected chi connectivity index (χ3v) is 8.54. The Labute approximate surface area is 249 Å². The summed E-state index contributed by atoms with van der Waals surface area (Å²) in [6.45, 7) is 6.54. The predicted octanol–water partition coefficient (Wildman–Crippen LogP) is 7.09. The van der Waals surface area contributed by atoms with Crippen molar-refractivity contribution in [3.05, 3.63) is 112 Å². The molecular weight excluding hydrogens is 556 g/mol. The van der Waals surface area contributed by atoms with Crippen LogP contribution < -0.4 is 15.1 Å². The molecule has 8 nitrogen and oxygen atoms in total. The molecule has 4 heterocycles. The largest absolute Gasteiger partial charge is 0.370 e. The fourth-order valence-corrected chi connectivity index (χ4v) is 6.96. The van der Waals surface area contributed by atoms with Crippen LogP contribution in [-0.2, 0) is 0 Å². The van der Waals surface area contributed by atoms with E-state index in [9.17, 15) is 10.1 Å². The van der Waals surface area contributed by atoms with Crippen molar-refractivity contribution in [1.82, 2.24) is 14.9 Å². The summed E-state index contributed by atoms with van der Waals surface area (Å²) in [5, 5.41) is 16.3. The molecule has 10 heteroatoms. The maximum Gasteiger partial charge on any atom is 0.271 e. The molecule has 2 aromatic heterocycles. The van der Waals surface area contributed by atoms with E-state index in [1.807, 2.05) is 53.2 Å². The molecule has 0 aliphatic carbocycles. The number of halogens is 1. The molecule has 0 amide bonds. The second-order valence-corrected chi connectivity index (χ2v) is 11.9. The molecule has 0 saturated carbocycles. The van der Waals surface area contributed by atoms with Crippen molar-refractivity contribution in [2.75, 3.05) is 22.9 Å². The van der Waals surface area contributed by atoms with E-state index in [1.165, 1.54) is 12.5 Å². The van der Waals surface area contributed by atoms with Crippen LogP contribution in [0.5, 0.6) is 0 Å². The van der Waals surface area contributed by atoms with Gasteiger partial charge in [-0.25, -0.2) is 0 Å². The van der Waals surface area contributed by atoms with Crippen LogP contribution in [0.15, 0.2) is 85.2 Å². The summed E-state index contributed by atoms with van der Waals surface area (Å²) in [5.74, 6) is 1.21. The van der Waals surface area contributed by atoms with Crippen LogP contribution in [0.3, 0.4) is 0 Å². The standard InChI is InChI=1S/C31H31ClN6O2S/c1-20-15-21(2)19-35(18-20)27-12-11-23(17-25(27)32)37-30(29(34-31(37)41)26-9-3-4-13-33-26)28-10-6-14-36(28)22-7-5-8-24(16-22)38(39)40/h3-14,16-17,20-21,29-30H,15,18-19H2,1-2H3,(H,34,41)/t20-,21+,29-,30-/m0/s1. The van der Waals surface area contributed by atoms with Crippen molar-refractivity contribution in [1.29, 1.82) is 0 Å². The van der Waals surface area contributed by atoms with E-state index >= 15 is 0 Å². The smallest absolute Gasteiger partial charge is 0.271 e. The zero-order valence-electron chi connectivity index (χ0n) is 22.9. The summed E-state index contributed by atoms with van der Waals surface area (Å²) in [7, 11) is 0. The van der Waals surface area contributed by atoms with Gasteiger partial charge in [0.2, 0.25) is 0 Å². The zero-order chi connectivity index (χ0) is 28.7. The fraction of sp³-hybridized carbons (Fsp3) is 0.290. The van der Waals surface area contributed by atoms with Crippen molar-refractivity contribution in [3.8, 4) is 5.69 Å². The fourth-order valence-electron chi connectivity index (χ4n) is 6.32. The first-order valence-electron chi connectivity index (χ1n) is 13.8. The first kappa shape index (κ1) is 27.2. The third-order valence-electron chi connectivity index (χ3n) is 7.92. The monoisotopic (exact) mass is 586 g/mol. The number of nitro groups is 1. The van der Waals surface area contributed by atoms with E-state index in [0.717, 1.165) is 35.9 Å². The summed E-state index contributed by atoms with van der Waals surface area (Å²) in [6.07, 6.45) is 4.91. The Kier molecular flexibility index (Phi) is 7.40. The maximum atomic E-state index is 11.5. The first-order valence-corrected chi connectivity index (χ1v) is 14.6. The number of pyridine rings is 1. The van der Waals surface area contributed by atoms with Crippen LogP contribution in [0.4, 0.5) is 17.1 Å². The van der Waals surface area contributed by atoms with Crippen LogP contribution in [0.25, 0.3) is 5.69 Å². The number of nitro benzene ring substituents is 1. The molecule has 210 valence electrons. The van der Waals surface area contributed by atoms with Crippen LogP contribution in [0, 0.1) is 22.0 Å². The molecule has 4 aromatic rings. The van der Waals surface area contributed by atoms with Gasteiger partial charge in [0.15, 0.2) is 5.11 Å². The molecule has 6 rings (SSSR count). The van der Waals surface area contributed by atoms with E-state index in [-0.39, 0.29) is 22.7 Å². The number of nitrogens with one attached hydrogen (secondary N) is 1. The Morgan fingerprint density at radius 3 is 2.51 bits per heavy atom. The molecule has 0 radical (unpaired) electrons. The van der Waals surface area contributed by atoms with E-state index in [1.54, 1.807) is 18.3 Å². The lowest BCUT2D eigenvalue weighted by molar-refractivity contribution is -0.384. The summed E-state index contributed by atoms with van der Waals surface area (Å²) in [4.78, 5) is 20.3. The number of anilines is 2. The van der Waals surface area contributed by atoms with E-state index < -0.39 is 0 Å². The lowest BCUT2D eigenvalue weighted by Crippen LogP contribution is -2.38. The average Bonchev–Trinajstić information content (AvgIpc) is 3.57. The van der Waals surface area contributed by atoms with Gasteiger partial charge in [0.05, 0.1) is 33.1 Å². The molecule has 2 aliphatic rings. The lowest BCUT2D eigenvalue weighted by Gasteiger charge is -2.37. The van der Waals surface area contributed by atoms with Crippen molar-refractivity contribution in [2.45, 2.75) is 32.4 Å². The zero-order valence-corrected chi connectivity index (χ0v) is 24.4. The van der Waals surface area contributed by atoms with Gasteiger partial charge in [0.25, 0.3) is 5.69 Å². The molecule has 2 aromatic carbocycles. The molecule has 0 unspecified atom stereocenters. The molecule has 2 saturated heterocycles. The molecule has 1 N–H and O–H groups in total. The Morgan fingerprint density at radius 2 is 1.80 bits per heavy atom. The molecule has 4 atom stereocenters. The molecule has 41 heavy (non-hydrogen) atoms. The summed E-state index contributed by atoms with van der Waals surface area (Å²) in [5.41, 5.74) is 4.37. The quantitative estimate of drug-likeness (QED) is 0.147. The number of nitrogens with zero attached hydrogens (tertiary/aromatic N) is 5. The van der Waals surface area contributed by atoms with E-state index in [4.69, 9.17) is 23.8 Å². The van der Waals surface area contributed by atoms with Gasteiger partial charge < -0.3 is 19.7 Å². The maximum absolute atomic E-state index is 11.5. The third kappa shape index (κ3) is 5.27. The average molecular weight is 587 g/mol. The molecule has 0 bridgehead atoms. The van der Waals surface area contributed by atoms with Gasteiger partial charge in [-0.3, -0.25) is 15.1 Å². The van der Waals surface area contributed by atoms with Crippen LogP contribution >= 0.6 is 23.8 Å². The molecule has 2 fully saturated rings.